The maximum absolute atomic E-state index is 13.0. The molecule has 3 amide bonds. The highest BCUT2D eigenvalue weighted by molar-refractivity contribution is 9.10. The first-order valence-electron chi connectivity index (χ1n) is 11.3. The molecule has 0 unspecified atom stereocenters. The van der Waals surface area contributed by atoms with Crippen molar-refractivity contribution in [2.75, 3.05) is 25.1 Å². The van der Waals surface area contributed by atoms with Crippen molar-refractivity contribution in [1.82, 2.24) is 4.90 Å². The van der Waals surface area contributed by atoms with E-state index in [1.807, 2.05) is 13.0 Å². The Morgan fingerprint density at radius 2 is 1.82 bits per heavy atom. The molecule has 1 aliphatic rings. The molecular formula is C27H21BrCl2N2O5S. The number of nitrogens with zero attached hydrogens (tertiary/aromatic N) is 1. The van der Waals surface area contributed by atoms with E-state index in [2.05, 4.69) is 21.2 Å². The fourth-order valence-corrected chi connectivity index (χ4v) is 5.02. The van der Waals surface area contributed by atoms with Crippen molar-refractivity contribution in [3.8, 4) is 11.5 Å². The topological polar surface area (TPSA) is 84.9 Å². The van der Waals surface area contributed by atoms with Gasteiger partial charge in [-0.25, -0.2) is 0 Å². The van der Waals surface area contributed by atoms with Gasteiger partial charge < -0.3 is 14.8 Å². The zero-order valence-corrected chi connectivity index (χ0v) is 23.9. The Kier molecular flexibility index (Phi) is 9.38. The number of nitrogens with one attached hydrogen (secondary N) is 1. The third-order valence-corrected chi connectivity index (χ3v) is 7.48. The first kappa shape index (κ1) is 28.0. The van der Waals surface area contributed by atoms with Gasteiger partial charge in [0.2, 0.25) is 0 Å². The Hall–Kier alpha value is -2.98. The Morgan fingerprint density at radius 3 is 2.58 bits per heavy atom. The Morgan fingerprint density at radius 1 is 1.03 bits per heavy atom. The lowest BCUT2D eigenvalue weighted by Crippen LogP contribution is -2.32. The number of anilines is 1. The minimum absolute atomic E-state index is 0.0677. The van der Waals surface area contributed by atoms with Gasteiger partial charge in [0.15, 0.2) is 6.61 Å². The van der Waals surface area contributed by atoms with Crippen molar-refractivity contribution in [3.63, 3.8) is 0 Å². The van der Waals surface area contributed by atoms with Crippen LogP contribution in [0.4, 0.5) is 10.5 Å². The predicted molar refractivity (Wildman–Crippen MR) is 154 cm³/mol. The normalized spacial score (nSPS) is 14.2. The summed E-state index contributed by atoms with van der Waals surface area (Å²) in [6.07, 6.45) is 1.57. The predicted octanol–water partition coefficient (Wildman–Crippen LogP) is 7.20. The van der Waals surface area contributed by atoms with Crippen LogP contribution in [0.15, 0.2) is 70.0 Å². The molecule has 4 rings (SSSR count). The van der Waals surface area contributed by atoms with E-state index in [1.54, 1.807) is 60.7 Å². The first-order valence-corrected chi connectivity index (χ1v) is 13.7. The molecule has 1 aliphatic heterocycles. The second kappa shape index (κ2) is 12.7. The number of halogens is 3. The van der Waals surface area contributed by atoms with Crippen LogP contribution in [0, 0.1) is 6.92 Å². The van der Waals surface area contributed by atoms with Crippen LogP contribution in [0.3, 0.4) is 0 Å². The highest BCUT2D eigenvalue weighted by atomic mass is 79.9. The lowest BCUT2D eigenvalue weighted by molar-refractivity contribution is -0.123. The molecule has 1 heterocycles. The van der Waals surface area contributed by atoms with Crippen molar-refractivity contribution >= 4 is 79.7 Å². The fraction of sp³-hybridized carbons (Fsp3) is 0.148. The second-order valence-electron chi connectivity index (χ2n) is 8.10. The molecule has 1 saturated heterocycles. The summed E-state index contributed by atoms with van der Waals surface area (Å²) in [5.41, 5.74) is 1.98. The number of hydrogen-bond acceptors (Lipinski definition) is 6. The molecule has 0 aromatic heterocycles. The maximum Gasteiger partial charge on any atom is 0.293 e. The number of aryl methyl sites for hydroxylation is 1. The van der Waals surface area contributed by atoms with Crippen LogP contribution in [0.1, 0.15) is 11.1 Å². The summed E-state index contributed by atoms with van der Waals surface area (Å²) >= 11 is 16.4. The van der Waals surface area contributed by atoms with E-state index in [-0.39, 0.29) is 30.6 Å². The smallest absolute Gasteiger partial charge is 0.293 e. The highest BCUT2D eigenvalue weighted by Gasteiger charge is 2.35. The molecule has 38 heavy (non-hydrogen) atoms. The van der Waals surface area contributed by atoms with Gasteiger partial charge in [-0.05, 0) is 72.8 Å². The molecule has 11 heteroatoms. The van der Waals surface area contributed by atoms with Gasteiger partial charge in [0, 0.05) is 20.7 Å². The highest BCUT2D eigenvalue weighted by Crippen LogP contribution is 2.35. The van der Waals surface area contributed by atoms with Gasteiger partial charge in [-0.3, -0.25) is 19.3 Å². The number of carbonyl (C=O) groups excluding carboxylic acids is 3. The Balaban J connectivity index is 1.40. The van der Waals surface area contributed by atoms with Gasteiger partial charge in [-0.15, -0.1) is 0 Å². The zero-order chi connectivity index (χ0) is 27.2. The first-order chi connectivity index (χ1) is 18.2. The summed E-state index contributed by atoms with van der Waals surface area (Å²) in [5.74, 6) is 0.0292. The summed E-state index contributed by atoms with van der Waals surface area (Å²) in [4.78, 5) is 39.3. The summed E-state index contributed by atoms with van der Waals surface area (Å²) in [7, 11) is 0. The quantitative estimate of drug-likeness (QED) is 0.250. The molecular weight excluding hydrogens is 615 g/mol. The average Bonchev–Trinajstić information content (AvgIpc) is 3.14. The maximum atomic E-state index is 13.0. The van der Waals surface area contributed by atoms with Crippen LogP contribution < -0.4 is 14.8 Å². The number of para-hydroxylation sites is 1. The summed E-state index contributed by atoms with van der Waals surface area (Å²) in [5, 5.41) is 3.32. The van der Waals surface area contributed by atoms with Gasteiger partial charge in [-0.2, -0.15) is 0 Å². The van der Waals surface area contributed by atoms with Crippen LogP contribution in [-0.4, -0.2) is 41.7 Å². The largest absolute Gasteiger partial charge is 0.490 e. The molecule has 196 valence electrons. The van der Waals surface area contributed by atoms with Gasteiger partial charge in [-0.1, -0.05) is 57.3 Å². The molecule has 7 nitrogen and oxygen atoms in total. The lowest BCUT2D eigenvalue weighted by atomic mass is 10.2. The average molecular weight is 636 g/mol. The van der Waals surface area contributed by atoms with E-state index in [9.17, 15) is 14.4 Å². The molecule has 0 bridgehead atoms. The molecule has 0 aliphatic carbocycles. The number of ether oxygens (including phenoxy) is 2. The number of benzene rings is 3. The number of amides is 3. The van der Waals surface area contributed by atoms with Crippen LogP contribution in [0.2, 0.25) is 10.0 Å². The minimum atomic E-state index is -0.442. The molecule has 0 atom stereocenters. The van der Waals surface area contributed by atoms with Crippen LogP contribution >= 0.6 is 50.9 Å². The van der Waals surface area contributed by atoms with E-state index in [0.29, 0.717) is 32.8 Å². The second-order valence-corrected chi connectivity index (χ2v) is 10.8. The summed E-state index contributed by atoms with van der Waals surface area (Å²) in [6.45, 7) is 1.77. The molecule has 0 spiro atoms. The number of rotatable bonds is 9. The number of carbonyl (C=O) groups is 3. The monoisotopic (exact) mass is 634 g/mol. The number of hydrogen-bond donors (Lipinski definition) is 1. The van der Waals surface area contributed by atoms with E-state index in [0.717, 1.165) is 26.7 Å². The molecule has 0 radical (unpaired) electrons. The standard InChI is InChI=1S/C27H21BrCl2N2O5S/c1-16-6-8-19(14-21(16)30)31-25(33)15-37-22-9-7-18(28)12-17(22)13-24-26(34)32(27(35)38-24)10-11-36-23-5-3-2-4-20(23)29/h2-9,12-14H,10-11,15H2,1H3,(H,31,33)/b24-13-. The molecule has 0 saturated carbocycles. The van der Waals surface area contributed by atoms with Crippen molar-refractivity contribution in [3.05, 3.63) is 91.2 Å². The van der Waals surface area contributed by atoms with Crippen LogP contribution in [0.5, 0.6) is 11.5 Å². The van der Waals surface area contributed by atoms with Crippen molar-refractivity contribution < 1.29 is 23.9 Å². The number of imide groups is 1. The van der Waals surface area contributed by atoms with Crippen molar-refractivity contribution in [1.29, 1.82) is 0 Å². The SMILES string of the molecule is Cc1ccc(NC(=O)COc2ccc(Br)cc2/C=C2\SC(=O)N(CCOc3ccccc3Cl)C2=O)cc1Cl. The lowest BCUT2D eigenvalue weighted by Gasteiger charge is -2.14. The van der Waals surface area contributed by atoms with Gasteiger partial charge >= 0.3 is 0 Å². The Labute approximate surface area is 242 Å². The summed E-state index contributed by atoms with van der Waals surface area (Å²) in [6, 6.07) is 17.3. The molecule has 3 aromatic carbocycles. The van der Waals surface area contributed by atoms with Crippen LogP contribution in [0.25, 0.3) is 6.08 Å². The van der Waals surface area contributed by atoms with Gasteiger partial charge in [0.05, 0.1) is 16.5 Å². The Bertz CT molecular complexity index is 1430. The number of thioether (sulfide) groups is 1. The van der Waals surface area contributed by atoms with Gasteiger partial charge in [0.25, 0.3) is 17.1 Å². The van der Waals surface area contributed by atoms with E-state index < -0.39 is 11.1 Å². The van der Waals surface area contributed by atoms with Crippen LogP contribution in [-0.2, 0) is 9.59 Å². The molecule has 1 fully saturated rings. The van der Waals surface area contributed by atoms with E-state index in [4.69, 9.17) is 32.7 Å². The summed E-state index contributed by atoms with van der Waals surface area (Å²) < 4.78 is 12.1. The molecule has 3 aromatic rings. The van der Waals surface area contributed by atoms with E-state index >= 15 is 0 Å². The van der Waals surface area contributed by atoms with Gasteiger partial charge in [0.1, 0.15) is 18.1 Å². The zero-order valence-electron chi connectivity index (χ0n) is 20.0. The fourth-order valence-electron chi connectivity index (χ4n) is 3.42. The van der Waals surface area contributed by atoms with Crippen molar-refractivity contribution in [2.24, 2.45) is 0 Å². The van der Waals surface area contributed by atoms with E-state index in [1.165, 1.54) is 0 Å². The van der Waals surface area contributed by atoms with Crippen molar-refractivity contribution in [2.45, 2.75) is 6.92 Å². The minimum Gasteiger partial charge on any atom is -0.490 e. The third-order valence-electron chi connectivity index (χ3n) is 5.36. The third kappa shape index (κ3) is 7.11. The molecule has 1 N–H and O–H groups in total.